The van der Waals surface area contributed by atoms with Gasteiger partial charge in [0.25, 0.3) is 5.91 Å². The molecule has 19 nitrogen and oxygen atoms in total. The van der Waals surface area contributed by atoms with Crippen LogP contribution < -0.4 is 5.32 Å². The molecule has 304 valence electrons. The maximum atomic E-state index is 13.6. The maximum Gasteiger partial charge on any atom is 0.338 e. The highest BCUT2D eigenvalue weighted by Crippen LogP contribution is 2.41. The summed E-state index contributed by atoms with van der Waals surface area (Å²) >= 11 is 0. The van der Waals surface area contributed by atoms with Crippen LogP contribution in [0, 0.1) is 23.7 Å². The number of benzene rings is 2. The molecule has 2 aromatic carbocycles. The van der Waals surface area contributed by atoms with Gasteiger partial charge in [-0.05, 0) is 65.0 Å². The van der Waals surface area contributed by atoms with Crippen LogP contribution in [0.2, 0.25) is 0 Å². The topological polar surface area (TPSA) is 265 Å². The van der Waals surface area contributed by atoms with Crippen LogP contribution >= 0.6 is 0 Å². The number of nitrogens with zero attached hydrogens (tertiary/aromatic N) is 9. The summed E-state index contributed by atoms with van der Waals surface area (Å²) in [7, 11) is 0. The largest absolute Gasteiger partial charge is 0.457 e. The van der Waals surface area contributed by atoms with Gasteiger partial charge in [0.15, 0.2) is 24.8 Å². The number of hydrogen-bond donors (Lipinski definition) is 1. The first kappa shape index (κ1) is 42.8. The molecule has 5 rings (SSSR count). The summed E-state index contributed by atoms with van der Waals surface area (Å²) in [6.07, 6.45) is -8.91. The molecule has 0 aromatic heterocycles. The van der Waals surface area contributed by atoms with Gasteiger partial charge in [0.05, 0.1) is 48.5 Å². The van der Waals surface area contributed by atoms with Crippen LogP contribution in [0.4, 0.5) is 0 Å². The van der Waals surface area contributed by atoms with Crippen LogP contribution in [0.5, 0.6) is 0 Å². The van der Waals surface area contributed by atoms with Gasteiger partial charge in [0.1, 0.15) is 6.10 Å². The van der Waals surface area contributed by atoms with Crippen molar-refractivity contribution in [2.24, 2.45) is 39.0 Å². The Bertz CT molecular complexity index is 1860. The average Bonchev–Trinajstić information content (AvgIpc) is 3.48. The van der Waals surface area contributed by atoms with E-state index in [0.717, 1.165) is 0 Å². The molecule has 1 N–H and O–H groups in total. The first-order chi connectivity index (χ1) is 27.4. The second kappa shape index (κ2) is 19.7. The highest BCUT2D eigenvalue weighted by atomic mass is 16.7. The lowest BCUT2D eigenvalue weighted by Gasteiger charge is -2.49. The van der Waals surface area contributed by atoms with Gasteiger partial charge in [-0.15, -0.1) is 0 Å². The number of azide groups is 3. The molecule has 3 fully saturated rings. The lowest BCUT2D eigenvalue weighted by Crippen LogP contribution is -2.65. The van der Waals surface area contributed by atoms with E-state index in [1.807, 2.05) is 27.7 Å². The third-order valence-corrected chi connectivity index (χ3v) is 10.9. The lowest BCUT2D eigenvalue weighted by atomic mass is 9.78. The number of carbonyl (C=O) groups is 3. The van der Waals surface area contributed by atoms with Gasteiger partial charge in [-0.2, -0.15) is 0 Å². The quantitative estimate of drug-likeness (QED) is 0.0911. The normalized spacial score (nSPS) is 33.5. The van der Waals surface area contributed by atoms with E-state index in [4.69, 9.17) is 34.0 Å². The van der Waals surface area contributed by atoms with Crippen molar-refractivity contribution < 1.29 is 42.8 Å². The molecule has 57 heavy (non-hydrogen) atoms. The van der Waals surface area contributed by atoms with Crippen molar-refractivity contribution in [3.63, 3.8) is 0 Å². The number of hydrogen-bond acceptors (Lipinski definition) is 12. The van der Waals surface area contributed by atoms with Crippen molar-refractivity contribution in [1.29, 1.82) is 0 Å². The third-order valence-electron chi connectivity index (χ3n) is 10.9. The predicted octanol–water partition coefficient (Wildman–Crippen LogP) is 6.80. The number of esters is 2. The number of ether oxygens (including phenoxy) is 6. The summed E-state index contributed by atoms with van der Waals surface area (Å²) in [6, 6.07) is 13.7. The first-order valence-electron chi connectivity index (χ1n) is 18.9. The van der Waals surface area contributed by atoms with Crippen LogP contribution in [0.1, 0.15) is 68.7 Å². The van der Waals surface area contributed by atoms with Crippen molar-refractivity contribution in [3.05, 3.63) is 103 Å². The fourth-order valence-corrected chi connectivity index (χ4v) is 7.81. The van der Waals surface area contributed by atoms with Gasteiger partial charge in [-0.3, -0.25) is 9.59 Å². The fourth-order valence-electron chi connectivity index (χ4n) is 7.81. The number of carbonyl (C=O) groups excluding carboxylic acids is 3. The minimum Gasteiger partial charge on any atom is -0.457 e. The van der Waals surface area contributed by atoms with Crippen molar-refractivity contribution in [2.45, 2.75) is 115 Å². The average molecular weight is 789 g/mol. The molecule has 2 aromatic rings. The minimum atomic E-state index is -1.41. The van der Waals surface area contributed by atoms with E-state index in [1.54, 1.807) is 67.6 Å². The second-order valence-corrected chi connectivity index (χ2v) is 14.9. The molecule has 5 unspecified atom stereocenters. The predicted molar refractivity (Wildman–Crippen MR) is 203 cm³/mol. The van der Waals surface area contributed by atoms with Gasteiger partial charge in [-0.25, -0.2) is 4.79 Å². The highest BCUT2D eigenvalue weighted by molar-refractivity contribution is 5.94. The molecule has 3 aliphatic rings. The summed E-state index contributed by atoms with van der Waals surface area (Å²) in [4.78, 5) is 49.0. The molecule has 2 saturated heterocycles. The zero-order valence-electron chi connectivity index (χ0n) is 32.5. The second-order valence-electron chi connectivity index (χ2n) is 14.9. The van der Waals surface area contributed by atoms with E-state index in [1.165, 1.54) is 6.92 Å². The van der Waals surface area contributed by atoms with Crippen LogP contribution in [-0.4, -0.2) is 91.7 Å². The highest BCUT2D eigenvalue weighted by Gasteiger charge is 2.55. The fraction of sp³-hybridized carbons (Fsp3) is 0.605. The molecule has 0 bridgehead atoms. The molecule has 14 atom stereocenters. The maximum absolute atomic E-state index is 13.6. The number of rotatable bonds is 14. The lowest BCUT2D eigenvalue weighted by molar-refractivity contribution is -0.301. The van der Waals surface area contributed by atoms with E-state index in [2.05, 4.69) is 35.4 Å². The van der Waals surface area contributed by atoms with Gasteiger partial charge >= 0.3 is 11.9 Å². The molecule has 0 spiro atoms. The van der Waals surface area contributed by atoms with E-state index < -0.39 is 85.0 Å². The Morgan fingerprint density at radius 1 is 0.772 bits per heavy atom. The molecule has 1 aliphatic carbocycles. The monoisotopic (exact) mass is 788 g/mol. The summed E-state index contributed by atoms with van der Waals surface area (Å²) in [5.74, 6) is -2.75. The zero-order chi connectivity index (χ0) is 41.2. The van der Waals surface area contributed by atoms with Crippen LogP contribution in [-0.2, 0) is 33.2 Å². The van der Waals surface area contributed by atoms with Gasteiger partial charge in [-0.1, -0.05) is 86.4 Å². The van der Waals surface area contributed by atoms with Gasteiger partial charge in [0, 0.05) is 33.1 Å². The van der Waals surface area contributed by atoms with Crippen LogP contribution in [0.15, 0.2) is 76.0 Å². The molecule has 2 heterocycles. The molecule has 19 heteroatoms. The summed E-state index contributed by atoms with van der Waals surface area (Å²) in [5, 5.41) is 14.7. The molecule has 1 amide bonds. The SMILES string of the molecule is CC(=O)OC1[C@@H](O[C@@H]2O[C@H](CN=[N+]=[N-])[C@H](C)C2OC(=O)c2ccccc2)[C@H](O[C@H]2OC(C(C)C)[C@@H](C)[C@H](C)C2N=[N+]=[N-])C(N=[N+]=[N-])C[C@H]1NC(=O)c1ccccc1. The van der Waals surface area contributed by atoms with Crippen molar-refractivity contribution >= 4 is 17.8 Å². The standard InChI is InChI=1S/C38H48N10O9/c1-19(2)30-21(4)20(3)29(45-48-41)37(55-30)56-33-27(44-47-40)17-26(43-35(50)24-13-9-7-10-14-24)32(52-23(6)49)34(33)57-38-31(22(5)28(53-38)18-42-46-39)54-36(51)25-15-11-8-12-16-25/h7-16,19-22,26-34,37-38H,17-18H2,1-6H3,(H,43,50)/t20-,21-,22-,26+,27?,28+,29?,30?,31?,32?,33+,34+,37+,38-/m0/s1. The number of amides is 1. The molecule has 2 aliphatic heterocycles. The summed E-state index contributed by atoms with van der Waals surface area (Å²) in [6.45, 7) is 10.7. The molecule has 0 radical (unpaired) electrons. The first-order valence-corrected chi connectivity index (χ1v) is 18.9. The van der Waals surface area contributed by atoms with Crippen LogP contribution in [0.3, 0.4) is 0 Å². The Hall–Kier alpha value is -5.38. The van der Waals surface area contributed by atoms with Crippen molar-refractivity contribution in [2.75, 3.05) is 6.54 Å². The Morgan fingerprint density at radius 2 is 1.40 bits per heavy atom. The zero-order valence-corrected chi connectivity index (χ0v) is 32.5. The Labute approximate surface area is 329 Å². The van der Waals surface area contributed by atoms with E-state index in [-0.39, 0.29) is 42.4 Å². The Balaban J connectivity index is 1.60. The molecular weight excluding hydrogens is 740 g/mol. The summed E-state index contributed by atoms with van der Waals surface area (Å²) < 4.78 is 38.2. The van der Waals surface area contributed by atoms with Gasteiger partial charge in [0.2, 0.25) is 0 Å². The molecule has 1 saturated carbocycles. The van der Waals surface area contributed by atoms with Crippen molar-refractivity contribution in [1.82, 2.24) is 5.32 Å². The van der Waals surface area contributed by atoms with Crippen molar-refractivity contribution in [3.8, 4) is 0 Å². The van der Waals surface area contributed by atoms with E-state index in [0.29, 0.717) is 5.56 Å². The van der Waals surface area contributed by atoms with Crippen LogP contribution in [0.25, 0.3) is 31.3 Å². The van der Waals surface area contributed by atoms with Gasteiger partial charge < -0.3 is 33.7 Å². The Morgan fingerprint density at radius 3 is 2.00 bits per heavy atom. The number of nitrogens with one attached hydrogen (secondary N) is 1. The van der Waals surface area contributed by atoms with E-state index >= 15 is 0 Å². The smallest absolute Gasteiger partial charge is 0.338 e. The summed E-state index contributed by atoms with van der Waals surface area (Å²) in [5.41, 5.74) is 29.2. The Kier molecular flexibility index (Phi) is 14.7. The molecular formula is C38H48N10O9. The minimum absolute atomic E-state index is 0.0275. The van der Waals surface area contributed by atoms with E-state index in [9.17, 15) is 25.4 Å². The third kappa shape index (κ3) is 10.1.